The zero-order chi connectivity index (χ0) is 19.1. The van der Waals surface area contributed by atoms with E-state index >= 15 is 0 Å². The Morgan fingerprint density at radius 3 is 2.46 bits per heavy atom. The van der Waals surface area contributed by atoms with E-state index in [1.807, 2.05) is 43.3 Å². The lowest BCUT2D eigenvalue weighted by Crippen LogP contribution is -2.28. The summed E-state index contributed by atoms with van der Waals surface area (Å²) in [5.41, 5.74) is 1.76. The van der Waals surface area contributed by atoms with Gasteiger partial charge in [0.1, 0.15) is 5.75 Å². The molecule has 0 aliphatic rings. The van der Waals surface area contributed by atoms with Crippen LogP contribution in [-0.4, -0.2) is 38.6 Å². The van der Waals surface area contributed by atoms with Gasteiger partial charge in [-0.25, -0.2) is 0 Å². The number of benzene rings is 2. The number of hydrogen-bond donors (Lipinski definition) is 1. The maximum atomic E-state index is 11.9. The molecular formula is C18H21N3O5. The third-order valence-corrected chi connectivity index (χ3v) is 3.66. The van der Waals surface area contributed by atoms with Crippen molar-refractivity contribution in [1.29, 1.82) is 0 Å². The van der Waals surface area contributed by atoms with Crippen LogP contribution in [0.1, 0.15) is 5.56 Å². The minimum Gasteiger partial charge on any atom is -0.496 e. The lowest BCUT2D eigenvalue weighted by Gasteiger charge is -2.13. The fourth-order valence-electron chi connectivity index (χ4n) is 2.20. The van der Waals surface area contributed by atoms with Crippen molar-refractivity contribution in [2.24, 2.45) is 0 Å². The van der Waals surface area contributed by atoms with Gasteiger partial charge in [-0.1, -0.05) is 12.1 Å². The van der Waals surface area contributed by atoms with Gasteiger partial charge in [0.2, 0.25) is 0 Å². The van der Waals surface area contributed by atoms with Crippen LogP contribution in [0.5, 0.6) is 11.5 Å². The molecule has 0 aliphatic heterocycles. The lowest BCUT2D eigenvalue weighted by atomic mass is 10.2. The van der Waals surface area contributed by atoms with Gasteiger partial charge in [-0.3, -0.25) is 14.9 Å². The molecule has 1 amide bonds. The molecule has 0 fully saturated rings. The standard InChI is InChI=1S/C18H21N3O5/c1-20(2)14-6-4-13(5-7-14)11-19-18(22)12-26-17-9-8-15(25-3)10-16(17)21(23)24/h4-10H,11-12H2,1-3H3,(H,19,22). The first-order valence-electron chi connectivity index (χ1n) is 7.89. The van der Waals surface area contributed by atoms with Gasteiger partial charge in [0.15, 0.2) is 12.4 Å². The van der Waals surface area contributed by atoms with Crippen LogP contribution in [0.4, 0.5) is 11.4 Å². The summed E-state index contributed by atoms with van der Waals surface area (Å²) in [4.78, 5) is 24.4. The highest BCUT2D eigenvalue weighted by atomic mass is 16.6. The Hall–Kier alpha value is -3.29. The number of nitrogens with zero attached hydrogens (tertiary/aromatic N) is 2. The van der Waals surface area contributed by atoms with E-state index in [-0.39, 0.29) is 24.0 Å². The molecule has 0 bridgehead atoms. The van der Waals surface area contributed by atoms with Gasteiger partial charge >= 0.3 is 5.69 Å². The maximum Gasteiger partial charge on any atom is 0.314 e. The zero-order valence-corrected chi connectivity index (χ0v) is 14.9. The Balaban J connectivity index is 1.89. The van der Waals surface area contributed by atoms with E-state index in [1.54, 1.807) is 0 Å². The number of methoxy groups -OCH3 is 1. The number of nitro groups is 1. The number of nitro benzene ring substituents is 1. The number of amides is 1. The number of nitrogens with one attached hydrogen (secondary N) is 1. The Bertz CT molecular complexity index is 775. The monoisotopic (exact) mass is 359 g/mol. The molecule has 2 aromatic rings. The van der Waals surface area contributed by atoms with E-state index in [2.05, 4.69) is 5.32 Å². The summed E-state index contributed by atoms with van der Waals surface area (Å²) in [7, 11) is 5.32. The second-order valence-corrected chi connectivity index (χ2v) is 5.72. The summed E-state index contributed by atoms with van der Waals surface area (Å²) in [6, 6.07) is 11.9. The summed E-state index contributed by atoms with van der Waals surface area (Å²) in [5, 5.41) is 13.8. The third kappa shape index (κ3) is 5.10. The van der Waals surface area contributed by atoms with Gasteiger partial charge < -0.3 is 19.7 Å². The van der Waals surface area contributed by atoms with Crippen molar-refractivity contribution in [2.75, 3.05) is 32.7 Å². The normalized spacial score (nSPS) is 10.1. The second kappa shape index (κ2) is 8.70. The van der Waals surface area contributed by atoms with Crippen LogP contribution in [0.15, 0.2) is 42.5 Å². The highest BCUT2D eigenvalue weighted by Gasteiger charge is 2.17. The third-order valence-electron chi connectivity index (χ3n) is 3.66. The van der Waals surface area contributed by atoms with E-state index in [0.717, 1.165) is 11.3 Å². The lowest BCUT2D eigenvalue weighted by molar-refractivity contribution is -0.385. The smallest absolute Gasteiger partial charge is 0.314 e. The van der Waals surface area contributed by atoms with E-state index in [4.69, 9.17) is 9.47 Å². The molecular weight excluding hydrogens is 338 g/mol. The molecule has 2 aromatic carbocycles. The molecule has 26 heavy (non-hydrogen) atoms. The summed E-state index contributed by atoms with van der Waals surface area (Å²) in [5.74, 6) is -0.0113. The van der Waals surface area contributed by atoms with E-state index < -0.39 is 4.92 Å². The highest BCUT2D eigenvalue weighted by molar-refractivity contribution is 5.77. The molecule has 8 heteroatoms. The Morgan fingerprint density at radius 1 is 1.19 bits per heavy atom. The number of ether oxygens (including phenoxy) is 2. The topological polar surface area (TPSA) is 93.9 Å². The molecule has 1 N–H and O–H groups in total. The van der Waals surface area contributed by atoms with Crippen LogP contribution in [0.2, 0.25) is 0 Å². The fraction of sp³-hybridized carbons (Fsp3) is 0.278. The fourth-order valence-corrected chi connectivity index (χ4v) is 2.20. The second-order valence-electron chi connectivity index (χ2n) is 5.72. The molecule has 0 heterocycles. The number of carbonyl (C=O) groups excluding carboxylic acids is 1. The van der Waals surface area contributed by atoms with E-state index in [0.29, 0.717) is 12.3 Å². The number of carbonyl (C=O) groups is 1. The molecule has 0 aliphatic carbocycles. The SMILES string of the molecule is COc1ccc(OCC(=O)NCc2ccc(N(C)C)cc2)c([N+](=O)[O-])c1. The van der Waals surface area contributed by atoms with Crippen molar-refractivity contribution in [1.82, 2.24) is 5.32 Å². The zero-order valence-electron chi connectivity index (χ0n) is 14.9. The minimum atomic E-state index is -0.581. The summed E-state index contributed by atoms with van der Waals surface area (Å²) >= 11 is 0. The molecule has 2 rings (SSSR count). The van der Waals surface area contributed by atoms with Crippen molar-refractivity contribution in [3.05, 3.63) is 58.1 Å². The molecule has 0 atom stereocenters. The van der Waals surface area contributed by atoms with Gasteiger partial charge in [0.25, 0.3) is 5.91 Å². The number of hydrogen-bond acceptors (Lipinski definition) is 6. The highest BCUT2D eigenvalue weighted by Crippen LogP contribution is 2.30. The van der Waals surface area contributed by atoms with Crippen LogP contribution in [0.3, 0.4) is 0 Å². The van der Waals surface area contributed by atoms with Crippen molar-refractivity contribution in [3.8, 4) is 11.5 Å². The van der Waals surface area contributed by atoms with Gasteiger partial charge in [0.05, 0.1) is 18.1 Å². The van der Waals surface area contributed by atoms with E-state index in [1.165, 1.54) is 25.3 Å². The molecule has 0 spiro atoms. The van der Waals surface area contributed by atoms with E-state index in [9.17, 15) is 14.9 Å². The Kier molecular flexibility index (Phi) is 6.37. The molecule has 0 saturated heterocycles. The first kappa shape index (κ1) is 19.0. The first-order chi connectivity index (χ1) is 12.4. The maximum absolute atomic E-state index is 11.9. The van der Waals surface area contributed by atoms with Crippen LogP contribution < -0.4 is 19.7 Å². The minimum absolute atomic E-state index is 0.0151. The average Bonchev–Trinajstić information content (AvgIpc) is 2.64. The number of rotatable bonds is 8. The summed E-state index contributed by atoms with van der Waals surface area (Å²) < 4.78 is 10.2. The molecule has 8 nitrogen and oxygen atoms in total. The van der Waals surface area contributed by atoms with Crippen LogP contribution in [0.25, 0.3) is 0 Å². The Morgan fingerprint density at radius 2 is 1.88 bits per heavy atom. The van der Waals surface area contributed by atoms with Crippen molar-refractivity contribution in [3.63, 3.8) is 0 Å². The molecule has 0 radical (unpaired) electrons. The molecule has 0 saturated carbocycles. The van der Waals surface area contributed by atoms with Crippen molar-refractivity contribution < 1.29 is 19.2 Å². The Labute approximate surface area is 151 Å². The first-order valence-corrected chi connectivity index (χ1v) is 7.89. The van der Waals surface area contributed by atoms with Crippen molar-refractivity contribution in [2.45, 2.75) is 6.54 Å². The predicted molar refractivity (Wildman–Crippen MR) is 97.8 cm³/mol. The van der Waals surface area contributed by atoms with Crippen LogP contribution in [0, 0.1) is 10.1 Å². The van der Waals surface area contributed by atoms with Gasteiger partial charge in [-0.15, -0.1) is 0 Å². The molecule has 138 valence electrons. The number of anilines is 1. The predicted octanol–water partition coefficient (Wildman–Crippen LogP) is 2.36. The summed E-state index contributed by atoms with van der Waals surface area (Å²) in [6.45, 7) is 0.0313. The van der Waals surface area contributed by atoms with Gasteiger partial charge in [0, 0.05) is 26.3 Å². The van der Waals surface area contributed by atoms with Crippen LogP contribution in [-0.2, 0) is 11.3 Å². The van der Waals surface area contributed by atoms with Gasteiger partial charge in [-0.2, -0.15) is 0 Å². The molecule has 0 unspecified atom stereocenters. The quantitative estimate of drug-likeness (QED) is 0.574. The summed E-state index contributed by atoms with van der Waals surface area (Å²) in [6.07, 6.45) is 0. The van der Waals surface area contributed by atoms with Crippen molar-refractivity contribution >= 4 is 17.3 Å². The molecule has 0 aromatic heterocycles. The largest absolute Gasteiger partial charge is 0.496 e. The van der Waals surface area contributed by atoms with Crippen LogP contribution >= 0.6 is 0 Å². The average molecular weight is 359 g/mol. The van der Waals surface area contributed by atoms with Gasteiger partial charge in [-0.05, 0) is 29.8 Å².